The van der Waals surface area contributed by atoms with E-state index in [2.05, 4.69) is 5.32 Å². The van der Waals surface area contributed by atoms with E-state index in [0.29, 0.717) is 22.3 Å². The molecule has 0 aliphatic carbocycles. The van der Waals surface area contributed by atoms with Gasteiger partial charge in [0.05, 0.1) is 17.2 Å². The molecule has 0 spiro atoms. The number of methoxy groups -OCH3 is 1. The van der Waals surface area contributed by atoms with Crippen LogP contribution >= 0.6 is 23.2 Å². The van der Waals surface area contributed by atoms with Gasteiger partial charge in [0.2, 0.25) is 0 Å². The molecule has 5 heteroatoms. The highest BCUT2D eigenvalue weighted by Crippen LogP contribution is 2.33. The Morgan fingerprint density at radius 3 is 2.21 bits per heavy atom. The number of hydrogen-bond acceptors (Lipinski definition) is 2. The van der Waals surface area contributed by atoms with Crippen molar-refractivity contribution < 1.29 is 9.13 Å². The molecule has 0 amide bonds. The van der Waals surface area contributed by atoms with Crippen LogP contribution in [-0.2, 0) is 6.54 Å². The Balaban J connectivity index is 2.09. The van der Waals surface area contributed by atoms with Crippen LogP contribution in [0.1, 0.15) is 5.56 Å². The summed E-state index contributed by atoms with van der Waals surface area (Å²) < 4.78 is 17.8. The Kier molecular flexibility index (Phi) is 4.51. The van der Waals surface area contributed by atoms with Gasteiger partial charge in [-0.1, -0.05) is 23.2 Å². The lowest BCUT2D eigenvalue weighted by atomic mass is 10.2. The molecule has 0 saturated carbocycles. The van der Waals surface area contributed by atoms with Crippen molar-refractivity contribution in [2.75, 3.05) is 12.4 Å². The average Bonchev–Trinajstić information content (AvgIpc) is 2.38. The first-order chi connectivity index (χ1) is 9.10. The van der Waals surface area contributed by atoms with Crippen LogP contribution in [0, 0.1) is 5.82 Å². The van der Waals surface area contributed by atoms with Gasteiger partial charge in [0, 0.05) is 12.2 Å². The molecule has 0 fully saturated rings. The smallest absolute Gasteiger partial charge is 0.156 e. The largest absolute Gasteiger partial charge is 0.494 e. The molecule has 0 aromatic heterocycles. The Hall–Kier alpha value is -1.45. The molecule has 0 aliphatic heterocycles. The standard InChI is InChI=1S/C14H12Cl2FNO/c1-19-14-12(15)6-9(7-13(14)16)8-18-11-4-2-10(17)3-5-11/h2-7,18H,8H2,1H3. The van der Waals surface area contributed by atoms with Crippen molar-refractivity contribution in [2.45, 2.75) is 6.54 Å². The van der Waals surface area contributed by atoms with Crippen LogP contribution in [0.2, 0.25) is 10.0 Å². The molecule has 2 aromatic rings. The second kappa shape index (κ2) is 6.13. The zero-order valence-corrected chi connectivity index (χ0v) is 11.7. The van der Waals surface area contributed by atoms with Gasteiger partial charge in [-0.3, -0.25) is 0 Å². The highest BCUT2D eigenvalue weighted by Gasteiger charge is 2.08. The zero-order valence-electron chi connectivity index (χ0n) is 10.2. The highest BCUT2D eigenvalue weighted by molar-refractivity contribution is 6.37. The molecule has 2 nitrogen and oxygen atoms in total. The van der Waals surface area contributed by atoms with Gasteiger partial charge in [-0.15, -0.1) is 0 Å². The fraction of sp³-hybridized carbons (Fsp3) is 0.143. The van der Waals surface area contributed by atoms with Crippen LogP contribution < -0.4 is 10.1 Å². The summed E-state index contributed by atoms with van der Waals surface area (Å²) in [6.07, 6.45) is 0. The zero-order chi connectivity index (χ0) is 13.8. The van der Waals surface area contributed by atoms with Gasteiger partial charge in [0.15, 0.2) is 5.75 Å². The molecule has 2 rings (SSSR count). The lowest BCUT2D eigenvalue weighted by molar-refractivity contribution is 0.415. The van der Waals surface area contributed by atoms with Crippen LogP contribution in [0.3, 0.4) is 0 Å². The lowest BCUT2D eigenvalue weighted by Gasteiger charge is -2.10. The second-order valence-electron chi connectivity index (χ2n) is 3.95. The normalized spacial score (nSPS) is 10.3. The first kappa shape index (κ1) is 14.0. The van der Waals surface area contributed by atoms with Crippen LogP contribution in [0.15, 0.2) is 36.4 Å². The maximum absolute atomic E-state index is 12.8. The number of ether oxygens (including phenoxy) is 1. The van der Waals surface area contributed by atoms with Gasteiger partial charge in [0.1, 0.15) is 5.82 Å². The molecule has 0 bridgehead atoms. The highest BCUT2D eigenvalue weighted by atomic mass is 35.5. The number of halogens is 3. The van der Waals surface area contributed by atoms with E-state index in [1.165, 1.54) is 19.2 Å². The molecule has 0 saturated heterocycles. The Bertz CT molecular complexity index is 549. The van der Waals surface area contributed by atoms with Gasteiger partial charge < -0.3 is 10.1 Å². The van der Waals surface area contributed by atoms with Crippen molar-refractivity contribution in [3.05, 3.63) is 57.8 Å². The SMILES string of the molecule is COc1c(Cl)cc(CNc2ccc(F)cc2)cc1Cl. The van der Waals surface area contributed by atoms with Crippen molar-refractivity contribution in [3.8, 4) is 5.75 Å². The van der Waals surface area contributed by atoms with E-state index in [0.717, 1.165) is 11.3 Å². The minimum absolute atomic E-state index is 0.263. The summed E-state index contributed by atoms with van der Waals surface area (Å²) in [5, 5.41) is 4.08. The molecule has 0 heterocycles. The summed E-state index contributed by atoms with van der Waals surface area (Å²) in [4.78, 5) is 0. The molecule has 1 N–H and O–H groups in total. The summed E-state index contributed by atoms with van der Waals surface area (Å²) in [7, 11) is 1.52. The predicted octanol–water partition coefficient (Wildman–Crippen LogP) is 4.75. The molecule has 0 unspecified atom stereocenters. The summed E-state index contributed by atoms with van der Waals surface area (Å²) in [6.45, 7) is 0.537. The second-order valence-corrected chi connectivity index (χ2v) is 4.77. The molecule has 0 aliphatic rings. The third kappa shape index (κ3) is 3.52. The third-order valence-corrected chi connectivity index (χ3v) is 3.16. The maximum atomic E-state index is 12.8. The molecular formula is C14H12Cl2FNO. The molecular weight excluding hydrogens is 288 g/mol. The van der Waals surface area contributed by atoms with Crippen LogP contribution in [-0.4, -0.2) is 7.11 Å². The number of benzene rings is 2. The first-order valence-corrected chi connectivity index (χ1v) is 6.37. The van der Waals surface area contributed by atoms with E-state index in [9.17, 15) is 4.39 Å². The summed E-state index contributed by atoms with van der Waals surface area (Å²) in [5.41, 5.74) is 1.74. The number of hydrogen-bond donors (Lipinski definition) is 1. The molecule has 0 atom stereocenters. The van der Waals surface area contributed by atoms with E-state index in [4.69, 9.17) is 27.9 Å². The fourth-order valence-electron chi connectivity index (χ4n) is 1.68. The van der Waals surface area contributed by atoms with E-state index < -0.39 is 0 Å². The number of nitrogens with one attached hydrogen (secondary N) is 1. The van der Waals surface area contributed by atoms with Crippen molar-refractivity contribution in [1.29, 1.82) is 0 Å². The first-order valence-electron chi connectivity index (χ1n) is 5.61. The van der Waals surface area contributed by atoms with Gasteiger partial charge in [-0.05, 0) is 42.0 Å². The fourth-order valence-corrected chi connectivity index (χ4v) is 2.37. The summed E-state index contributed by atoms with van der Waals surface area (Å²) in [6, 6.07) is 9.70. The van der Waals surface area contributed by atoms with Crippen molar-refractivity contribution in [3.63, 3.8) is 0 Å². The van der Waals surface area contributed by atoms with E-state index >= 15 is 0 Å². The van der Waals surface area contributed by atoms with E-state index in [1.54, 1.807) is 24.3 Å². The monoisotopic (exact) mass is 299 g/mol. The molecule has 0 radical (unpaired) electrons. The Morgan fingerprint density at radius 2 is 1.68 bits per heavy atom. The Morgan fingerprint density at radius 1 is 1.11 bits per heavy atom. The lowest BCUT2D eigenvalue weighted by Crippen LogP contribution is -2.00. The topological polar surface area (TPSA) is 21.3 Å². The Labute approximate surface area is 121 Å². The summed E-state index contributed by atoms with van der Waals surface area (Å²) >= 11 is 12.1. The minimum Gasteiger partial charge on any atom is -0.494 e. The van der Waals surface area contributed by atoms with Gasteiger partial charge in [0.25, 0.3) is 0 Å². The van der Waals surface area contributed by atoms with Crippen LogP contribution in [0.25, 0.3) is 0 Å². The third-order valence-electron chi connectivity index (χ3n) is 2.60. The van der Waals surface area contributed by atoms with Crippen molar-refractivity contribution >= 4 is 28.9 Å². The number of anilines is 1. The van der Waals surface area contributed by atoms with Crippen molar-refractivity contribution in [1.82, 2.24) is 0 Å². The van der Waals surface area contributed by atoms with E-state index in [1.807, 2.05) is 0 Å². The molecule has 2 aromatic carbocycles. The predicted molar refractivity (Wildman–Crippen MR) is 76.7 cm³/mol. The average molecular weight is 300 g/mol. The molecule has 19 heavy (non-hydrogen) atoms. The van der Waals surface area contributed by atoms with Gasteiger partial charge in [-0.2, -0.15) is 0 Å². The maximum Gasteiger partial charge on any atom is 0.156 e. The van der Waals surface area contributed by atoms with Crippen LogP contribution in [0.4, 0.5) is 10.1 Å². The summed E-state index contributed by atoms with van der Waals surface area (Å²) in [5.74, 6) is 0.204. The number of rotatable bonds is 4. The molecule has 100 valence electrons. The van der Waals surface area contributed by atoms with E-state index in [-0.39, 0.29) is 5.82 Å². The van der Waals surface area contributed by atoms with Crippen LogP contribution in [0.5, 0.6) is 5.75 Å². The quantitative estimate of drug-likeness (QED) is 0.879. The van der Waals surface area contributed by atoms with Crippen molar-refractivity contribution in [2.24, 2.45) is 0 Å². The van der Waals surface area contributed by atoms with Gasteiger partial charge in [-0.25, -0.2) is 4.39 Å². The minimum atomic E-state index is -0.263. The van der Waals surface area contributed by atoms with Gasteiger partial charge >= 0.3 is 0 Å².